The molecule has 0 bridgehead atoms. The number of nitro benzene ring substituents is 1. The summed E-state index contributed by atoms with van der Waals surface area (Å²) in [6.45, 7) is 6.19. The minimum atomic E-state index is -0.616. The molecule has 1 aromatic carbocycles. The number of halogens is 1. The highest BCUT2D eigenvalue weighted by atomic mass is 19.1. The van der Waals surface area contributed by atoms with Crippen LogP contribution >= 0.6 is 0 Å². The Kier molecular flexibility index (Phi) is 4.87. The molecular formula is C16H21FN2O4. The lowest BCUT2D eigenvalue weighted by Gasteiger charge is -2.33. The maximum Gasteiger partial charge on any atom is 0.309 e. The second-order valence-corrected chi connectivity index (χ2v) is 6.66. The second kappa shape index (κ2) is 6.52. The van der Waals surface area contributed by atoms with Crippen molar-refractivity contribution in [2.75, 3.05) is 18.0 Å². The van der Waals surface area contributed by atoms with Gasteiger partial charge in [0.15, 0.2) is 11.5 Å². The standard InChI is InChI=1S/C16H21FN2O4/c1-16(2,3)23-15(20)11-7-9-18(10-8-11)14-12(17)5-4-6-13(14)19(21)22/h4-6,11H,7-10H2,1-3H3. The molecule has 0 unspecified atom stereocenters. The van der Waals surface area contributed by atoms with Crippen molar-refractivity contribution in [1.82, 2.24) is 0 Å². The van der Waals surface area contributed by atoms with E-state index in [1.165, 1.54) is 18.2 Å². The normalized spacial score (nSPS) is 16.3. The molecule has 1 aliphatic heterocycles. The van der Waals surface area contributed by atoms with E-state index in [4.69, 9.17) is 4.74 Å². The molecule has 1 aromatic rings. The van der Waals surface area contributed by atoms with Gasteiger partial charge in [-0.3, -0.25) is 14.9 Å². The van der Waals surface area contributed by atoms with Crippen LogP contribution in [0.5, 0.6) is 0 Å². The number of para-hydroxylation sites is 1. The third-order valence-corrected chi connectivity index (χ3v) is 3.71. The molecule has 2 rings (SSSR count). The fraction of sp³-hybridized carbons (Fsp3) is 0.562. The molecule has 6 nitrogen and oxygen atoms in total. The first-order valence-electron chi connectivity index (χ1n) is 7.60. The van der Waals surface area contributed by atoms with Crippen molar-refractivity contribution in [3.05, 3.63) is 34.1 Å². The van der Waals surface area contributed by atoms with Gasteiger partial charge in [0.05, 0.1) is 10.8 Å². The van der Waals surface area contributed by atoms with Crippen LogP contribution in [0.4, 0.5) is 15.8 Å². The van der Waals surface area contributed by atoms with Gasteiger partial charge in [0.25, 0.3) is 5.69 Å². The average Bonchev–Trinajstić information content (AvgIpc) is 2.45. The molecule has 0 saturated carbocycles. The van der Waals surface area contributed by atoms with E-state index in [-0.39, 0.29) is 23.3 Å². The number of nitro groups is 1. The van der Waals surface area contributed by atoms with Crippen LogP contribution in [0.2, 0.25) is 0 Å². The van der Waals surface area contributed by atoms with Gasteiger partial charge in [-0.15, -0.1) is 0 Å². The maximum atomic E-state index is 14.0. The number of carbonyl (C=O) groups excluding carboxylic acids is 1. The van der Waals surface area contributed by atoms with Crippen LogP contribution < -0.4 is 4.90 Å². The van der Waals surface area contributed by atoms with Crippen LogP contribution in [0.25, 0.3) is 0 Å². The van der Waals surface area contributed by atoms with E-state index < -0.39 is 16.3 Å². The smallest absolute Gasteiger partial charge is 0.309 e. The highest BCUT2D eigenvalue weighted by Gasteiger charge is 2.32. The lowest BCUT2D eigenvalue weighted by Crippen LogP contribution is -2.39. The van der Waals surface area contributed by atoms with Crippen molar-refractivity contribution in [3.8, 4) is 0 Å². The van der Waals surface area contributed by atoms with Crippen molar-refractivity contribution in [3.63, 3.8) is 0 Å². The van der Waals surface area contributed by atoms with Gasteiger partial charge in [0, 0.05) is 19.2 Å². The molecule has 7 heteroatoms. The molecule has 23 heavy (non-hydrogen) atoms. The molecule has 1 aliphatic rings. The molecule has 0 N–H and O–H groups in total. The molecule has 0 amide bonds. The average molecular weight is 324 g/mol. The fourth-order valence-corrected chi connectivity index (χ4v) is 2.69. The number of ether oxygens (including phenoxy) is 1. The van der Waals surface area contributed by atoms with Gasteiger partial charge >= 0.3 is 5.97 Å². The first-order chi connectivity index (χ1) is 10.7. The zero-order valence-corrected chi connectivity index (χ0v) is 13.5. The predicted octanol–water partition coefficient (Wildman–Crippen LogP) is 3.29. The van der Waals surface area contributed by atoms with Gasteiger partial charge in [-0.2, -0.15) is 0 Å². The molecule has 0 aromatic heterocycles. The van der Waals surface area contributed by atoms with Crippen molar-refractivity contribution < 1.29 is 18.8 Å². The minimum absolute atomic E-state index is 0.000128. The summed E-state index contributed by atoms with van der Waals surface area (Å²) in [6.07, 6.45) is 0.973. The Balaban J connectivity index is 2.08. The Bertz CT molecular complexity index is 605. The number of piperidine rings is 1. The number of esters is 1. The Labute approximate surface area is 134 Å². The molecule has 1 heterocycles. The summed E-state index contributed by atoms with van der Waals surface area (Å²) in [6, 6.07) is 3.82. The van der Waals surface area contributed by atoms with Crippen LogP contribution in [0.15, 0.2) is 18.2 Å². The third-order valence-electron chi connectivity index (χ3n) is 3.71. The van der Waals surface area contributed by atoms with E-state index in [1.54, 1.807) is 4.90 Å². The van der Waals surface area contributed by atoms with Crippen LogP contribution in [0, 0.1) is 21.8 Å². The van der Waals surface area contributed by atoms with E-state index in [0.29, 0.717) is 25.9 Å². The zero-order chi connectivity index (χ0) is 17.2. The van der Waals surface area contributed by atoms with Gasteiger partial charge < -0.3 is 9.64 Å². The summed E-state index contributed by atoms with van der Waals surface area (Å²) in [7, 11) is 0. The van der Waals surface area contributed by atoms with Gasteiger partial charge in [0.1, 0.15) is 5.60 Å². The van der Waals surface area contributed by atoms with Crippen molar-refractivity contribution in [2.45, 2.75) is 39.2 Å². The summed E-state index contributed by atoms with van der Waals surface area (Å²) in [5, 5.41) is 11.1. The van der Waals surface area contributed by atoms with E-state index in [2.05, 4.69) is 0 Å². The van der Waals surface area contributed by atoms with Gasteiger partial charge in [-0.1, -0.05) is 6.07 Å². The first-order valence-corrected chi connectivity index (χ1v) is 7.60. The number of carbonyl (C=O) groups is 1. The number of nitrogens with zero attached hydrogens (tertiary/aromatic N) is 2. The monoisotopic (exact) mass is 324 g/mol. The van der Waals surface area contributed by atoms with Crippen molar-refractivity contribution in [1.29, 1.82) is 0 Å². The summed E-state index contributed by atoms with van der Waals surface area (Å²) in [5.41, 5.74) is -0.792. The topological polar surface area (TPSA) is 72.7 Å². The SMILES string of the molecule is CC(C)(C)OC(=O)C1CCN(c2c(F)cccc2[N+](=O)[O-])CC1. The Morgan fingerprint density at radius 3 is 2.48 bits per heavy atom. The largest absolute Gasteiger partial charge is 0.460 e. The lowest BCUT2D eigenvalue weighted by atomic mass is 9.96. The number of anilines is 1. The molecule has 0 atom stereocenters. The first kappa shape index (κ1) is 17.2. The van der Waals surface area contributed by atoms with E-state index in [1.807, 2.05) is 20.8 Å². The summed E-state index contributed by atoms with van der Waals surface area (Å²) >= 11 is 0. The van der Waals surface area contributed by atoms with Crippen LogP contribution in [-0.2, 0) is 9.53 Å². The van der Waals surface area contributed by atoms with E-state index in [0.717, 1.165) is 0 Å². The second-order valence-electron chi connectivity index (χ2n) is 6.66. The Hall–Kier alpha value is -2.18. The lowest BCUT2D eigenvalue weighted by molar-refractivity contribution is -0.384. The highest BCUT2D eigenvalue weighted by molar-refractivity contribution is 5.73. The van der Waals surface area contributed by atoms with Crippen LogP contribution in [-0.4, -0.2) is 29.6 Å². The quantitative estimate of drug-likeness (QED) is 0.484. The van der Waals surface area contributed by atoms with E-state index in [9.17, 15) is 19.3 Å². The summed E-state index contributed by atoms with van der Waals surface area (Å²) in [4.78, 5) is 24.2. The van der Waals surface area contributed by atoms with Crippen molar-refractivity contribution in [2.24, 2.45) is 5.92 Å². The molecule has 0 aliphatic carbocycles. The predicted molar refractivity (Wildman–Crippen MR) is 83.8 cm³/mol. The third kappa shape index (κ3) is 4.18. The maximum absolute atomic E-state index is 14.0. The number of hydrogen-bond acceptors (Lipinski definition) is 5. The number of hydrogen-bond donors (Lipinski definition) is 0. The number of rotatable bonds is 3. The zero-order valence-electron chi connectivity index (χ0n) is 13.5. The van der Waals surface area contributed by atoms with Crippen LogP contribution in [0.3, 0.4) is 0 Å². The van der Waals surface area contributed by atoms with E-state index >= 15 is 0 Å². The number of benzene rings is 1. The summed E-state index contributed by atoms with van der Waals surface area (Å²) in [5.74, 6) is -1.13. The van der Waals surface area contributed by atoms with Gasteiger partial charge in [0.2, 0.25) is 0 Å². The molecule has 1 fully saturated rings. The fourth-order valence-electron chi connectivity index (χ4n) is 2.69. The minimum Gasteiger partial charge on any atom is -0.460 e. The van der Waals surface area contributed by atoms with Gasteiger partial charge in [-0.25, -0.2) is 4.39 Å². The summed E-state index contributed by atoms with van der Waals surface area (Å²) < 4.78 is 19.4. The van der Waals surface area contributed by atoms with Gasteiger partial charge in [-0.05, 0) is 39.7 Å². The molecule has 0 spiro atoms. The molecular weight excluding hydrogens is 303 g/mol. The highest BCUT2D eigenvalue weighted by Crippen LogP contribution is 2.34. The molecule has 1 saturated heterocycles. The Morgan fingerprint density at radius 1 is 1.35 bits per heavy atom. The Morgan fingerprint density at radius 2 is 1.96 bits per heavy atom. The molecule has 0 radical (unpaired) electrons. The molecule has 126 valence electrons. The van der Waals surface area contributed by atoms with Crippen molar-refractivity contribution >= 4 is 17.3 Å². The van der Waals surface area contributed by atoms with Crippen LogP contribution in [0.1, 0.15) is 33.6 Å².